The predicted molar refractivity (Wildman–Crippen MR) is 89.8 cm³/mol. The molecule has 2 nitrogen and oxygen atoms in total. The zero-order valence-electron chi connectivity index (χ0n) is 12.3. The summed E-state index contributed by atoms with van der Waals surface area (Å²) in [6.45, 7) is 3.10. The second-order valence-corrected chi connectivity index (χ2v) is 5.19. The molecule has 0 atom stereocenters. The summed E-state index contributed by atoms with van der Waals surface area (Å²) in [6, 6.07) is 19.0. The first-order valence-electron chi connectivity index (χ1n) is 7.53. The lowest BCUT2D eigenvalue weighted by atomic mass is 10.1. The Morgan fingerprint density at radius 1 is 0.952 bits per heavy atom. The highest BCUT2D eigenvalue weighted by atomic mass is 14.9. The van der Waals surface area contributed by atoms with E-state index < -0.39 is 0 Å². The average Bonchev–Trinajstić information content (AvgIpc) is 2.55. The Morgan fingerprint density at radius 3 is 2.62 bits per heavy atom. The van der Waals surface area contributed by atoms with Gasteiger partial charge in [0.2, 0.25) is 0 Å². The van der Waals surface area contributed by atoms with Crippen molar-refractivity contribution in [1.82, 2.24) is 4.98 Å². The van der Waals surface area contributed by atoms with Crippen LogP contribution in [0.15, 0.2) is 60.8 Å². The SMILES string of the molecule is CCc1cccc2c(NCCc3ccccc3)ccnc12. The maximum atomic E-state index is 4.54. The van der Waals surface area contributed by atoms with Crippen molar-refractivity contribution in [3.63, 3.8) is 0 Å². The number of rotatable bonds is 5. The first-order chi connectivity index (χ1) is 10.4. The topological polar surface area (TPSA) is 24.9 Å². The molecule has 106 valence electrons. The number of fused-ring (bicyclic) bond motifs is 1. The van der Waals surface area contributed by atoms with Crippen molar-refractivity contribution in [1.29, 1.82) is 0 Å². The van der Waals surface area contributed by atoms with Crippen LogP contribution in [0.3, 0.4) is 0 Å². The van der Waals surface area contributed by atoms with Crippen LogP contribution in [-0.4, -0.2) is 11.5 Å². The van der Waals surface area contributed by atoms with Gasteiger partial charge in [0.1, 0.15) is 0 Å². The van der Waals surface area contributed by atoms with Crippen LogP contribution in [0.2, 0.25) is 0 Å². The molecule has 21 heavy (non-hydrogen) atoms. The summed E-state index contributed by atoms with van der Waals surface area (Å²) in [5.41, 5.74) is 4.95. The largest absolute Gasteiger partial charge is 0.384 e. The number of hydrogen-bond donors (Lipinski definition) is 1. The molecule has 3 aromatic rings. The molecule has 1 aromatic heterocycles. The molecular formula is C19H20N2. The number of para-hydroxylation sites is 1. The van der Waals surface area contributed by atoms with Crippen LogP contribution in [0, 0.1) is 0 Å². The van der Waals surface area contributed by atoms with Crippen molar-refractivity contribution in [2.24, 2.45) is 0 Å². The number of benzene rings is 2. The van der Waals surface area contributed by atoms with E-state index in [0.29, 0.717) is 0 Å². The summed E-state index contributed by atoms with van der Waals surface area (Å²) in [4.78, 5) is 4.54. The van der Waals surface area contributed by atoms with Crippen molar-refractivity contribution in [3.05, 3.63) is 71.9 Å². The predicted octanol–water partition coefficient (Wildman–Crippen LogP) is 4.45. The molecule has 0 fully saturated rings. The Morgan fingerprint density at radius 2 is 1.81 bits per heavy atom. The molecule has 2 heteroatoms. The number of nitrogens with zero attached hydrogens (tertiary/aromatic N) is 1. The van der Waals surface area contributed by atoms with Gasteiger partial charge in [-0.3, -0.25) is 4.98 Å². The summed E-state index contributed by atoms with van der Waals surface area (Å²) in [5.74, 6) is 0. The monoisotopic (exact) mass is 276 g/mol. The van der Waals surface area contributed by atoms with Crippen LogP contribution in [0.1, 0.15) is 18.1 Å². The number of hydrogen-bond acceptors (Lipinski definition) is 2. The maximum absolute atomic E-state index is 4.54. The van der Waals surface area contributed by atoms with Crippen molar-refractivity contribution in [2.45, 2.75) is 19.8 Å². The summed E-state index contributed by atoms with van der Waals surface area (Å²) < 4.78 is 0. The van der Waals surface area contributed by atoms with Crippen LogP contribution < -0.4 is 5.32 Å². The molecule has 0 spiro atoms. The number of pyridine rings is 1. The fourth-order valence-electron chi connectivity index (χ4n) is 2.66. The minimum absolute atomic E-state index is 0.930. The molecule has 2 aromatic carbocycles. The van der Waals surface area contributed by atoms with E-state index in [0.717, 1.165) is 24.9 Å². The molecule has 0 bridgehead atoms. The van der Waals surface area contributed by atoms with Crippen LogP contribution in [-0.2, 0) is 12.8 Å². The van der Waals surface area contributed by atoms with Gasteiger partial charge in [0.15, 0.2) is 0 Å². The third-order valence-corrected chi connectivity index (χ3v) is 3.81. The minimum Gasteiger partial charge on any atom is -0.384 e. The Labute approximate surface area is 125 Å². The van der Waals surface area contributed by atoms with Crippen molar-refractivity contribution < 1.29 is 0 Å². The quantitative estimate of drug-likeness (QED) is 0.744. The van der Waals surface area contributed by atoms with Gasteiger partial charge < -0.3 is 5.32 Å². The van der Waals surface area contributed by atoms with Crippen LogP contribution in [0.5, 0.6) is 0 Å². The summed E-state index contributed by atoms with van der Waals surface area (Å²) >= 11 is 0. The maximum Gasteiger partial charge on any atom is 0.0754 e. The van der Waals surface area contributed by atoms with Crippen LogP contribution in [0.4, 0.5) is 5.69 Å². The number of anilines is 1. The van der Waals surface area contributed by atoms with E-state index in [1.807, 2.05) is 6.20 Å². The second-order valence-electron chi connectivity index (χ2n) is 5.19. The first kappa shape index (κ1) is 13.6. The third-order valence-electron chi connectivity index (χ3n) is 3.81. The molecule has 3 rings (SSSR count). The van der Waals surface area contributed by atoms with Crippen LogP contribution in [0.25, 0.3) is 10.9 Å². The Balaban J connectivity index is 1.78. The number of nitrogens with one attached hydrogen (secondary N) is 1. The van der Waals surface area contributed by atoms with Crippen molar-refractivity contribution in [2.75, 3.05) is 11.9 Å². The van der Waals surface area contributed by atoms with Gasteiger partial charge >= 0.3 is 0 Å². The molecule has 0 aliphatic carbocycles. The van der Waals surface area contributed by atoms with E-state index >= 15 is 0 Å². The van der Waals surface area contributed by atoms with Gasteiger partial charge in [-0.15, -0.1) is 0 Å². The van der Waals surface area contributed by atoms with Gasteiger partial charge in [-0.05, 0) is 30.0 Å². The molecule has 0 amide bonds. The molecule has 0 radical (unpaired) electrons. The Kier molecular flexibility index (Phi) is 4.15. The molecule has 1 N–H and O–H groups in total. The van der Waals surface area contributed by atoms with E-state index in [-0.39, 0.29) is 0 Å². The van der Waals surface area contributed by atoms with Gasteiger partial charge in [-0.1, -0.05) is 55.5 Å². The number of aromatic nitrogens is 1. The summed E-state index contributed by atoms with van der Waals surface area (Å²) in [5, 5.41) is 4.76. The fraction of sp³-hybridized carbons (Fsp3) is 0.211. The molecule has 0 aliphatic rings. The summed E-state index contributed by atoms with van der Waals surface area (Å²) in [6.07, 6.45) is 3.93. The Hall–Kier alpha value is -2.35. The van der Waals surface area contributed by atoms with E-state index in [1.165, 1.54) is 22.2 Å². The first-order valence-corrected chi connectivity index (χ1v) is 7.53. The van der Waals surface area contributed by atoms with Gasteiger partial charge in [-0.25, -0.2) is 0 Å². The Bertz CT molecular complexity index is 720. The smallest absolute Gasteiger partial charge is 0.0754 e. The zero-order valence-corrected chi connectivity index (χ0v) is 12.3. The van der Waals surface area contributed by atoms with E-state index in [4.69, 9.17) is 0 Å². The van der Waals surface area contributed by atoms with Gasteiger partial charge in [0.25, 0.3) is 0 Å². The average molecular weight is 276 g/mol. The molecule has 0 saturated carbocycles. The lowest BCUT2D eigenvalue weighted by Gasteiger charge is -2.11. The normalized spacial score (nSPS) is 10.7. The van der Waals surface area contributed by atoms with Crippen molar-refractivity contribution in [3.8, 4) is 0 Å². The lowest BCUT2D eigenvalue weighted by molar-refractivity contribution is 1.02. The highest BCUT2D eigenvalue weighted by Crippen LogP contribution is 2.24. The standard InChI is InChI=1S/C19H20N2/c1-2-16-9-6-10-17-18(12-14-21-19(16)17)20-13-11-15-7-4-3-5-8-15/h3-10,12,14H,2,11,13H2,1H3,(H,20,21). The summed E-state index contributed by atoms with van der Waals surface area (Å²) in [7, 11) is 0. The van der Waals surface area contributed by atoms with Gasteiger partial charge in [-0.2, -0.15) is 0 Å². The molecule has 0 aliphatic heterocycles. The molecule has 1 heterocycles. The van der Waals surface area contributed by atoms with E-state index in [1.54, 1.807) is 0 Å². The van der Waals surface area contributed by atoms with E-state index in [2.05, 4.69) is 71.8 Å². The zero-order chi connectivity index (χ0) is 14.5. The molecular weight excluding hydrogens is 256 g/mol. The second kappa shape index (κ2) is 6.40. The number of aryl methyl sites for hydroxylation is 1. The van der Waals surface area contributed by atoms with Gasteiger partial charge in [0.05, 0.1) is 5.52 Å². The lowest BCUT2D eigenvalue weighted by Crippen LogP contribution is -2.05. The van der Waals surface area contributed by atoms with E-state index in [9.17, 15) is 0 Å². The molecule has 0 saturated heterocycles. The third kappa shape index (κ3) is 3.05. The highest BCUT2D eigenvalue weighted by Gasteiger charge is 2.04. The fourth-order valence-corrected chi connectivity index (χ4v) is 2.66. The molecule has 0 unspecified atom stereocenters. The highest BCUT2D eigenvalue weighted by molar-refractivity contribution is 5.92. The van der Waals surface area contributed by atoms with Gasteiger partial charge in [0, 0.05) is 23.8 Å². The van der Waals surface area contributed by atoms with Crippen molar-refractivity contribution >= 4 is 16.6 Å². The van der Waals surface area contributed by atoms with Crippen LogP contribution >= 0.6 is 0 Å². The minimum atomic E-state index is 0.930.